The van der Waals surface area contributed by atoms with Gasteiger partial charge in [-0.05, 0) is 11.6 Å². The quantitative estimate of drug-likeness (QED) is 0.587. The van der Waals surface area contributed by atoms with Crippen molar-refractivity contribution in [3.63, 3.8) is 0 Å². The number of anilines is 1. The van der Waals surface area contributed by atoms with Gasteiger partial charge in [0.25, 0.3) is 0 Å². The minimum absolute atomic E-state index is 0.443. The van der Waals surface area contributed by atoms with E-state index in [1.807, 2.05) is 6.08 Å². The zero-order valence-electron chi connectivity index (χ0n) is 7.20. The summed E-state index contributed by atoms with van der Waals surface area (Å²) in [7, 11) is 0. The largest absolute Gasteiger partial charge is 0.361 e. The van der Waals surface area contributed by atoms with Crippen LogP contribution in [0.3, 0.4) is 0 Å². The molecule has 0 bridgehead atoms. The maximum atomic E-state index is 3.48. The maximum absolute atomic E-state index is 3.48. The van der Waals surface area contributed by atoms with E-state index >= 15 is 0 Å². The summed E-state index contributed by atoms with van der Waals surface area (Å²) in [4.78, 5) is 0. The van der Waals surface area contributed by atoms with Crippen LogP contribution in [0.15, 0.2) is 42.5 Å². The van der Waals surface area contributed by atoms with E-state index in [9.17, 15) is 0 Å². The third kappa shape index (κ3) is 0.912. The predicted molar refractivity (Wildman–Crippen MR) is 53.5 cm³/mol. The molecule has 1 heteroatoms. The summed E-state index contributed by atoms with van der Waals surface area (Å²) in [5.74, 6) is 0.487. The van der Waals surface area contributed by atoms with Crippen LogP contribution < -0.4 is 5.32 Å². The van der Waals surface area contributed by atoms with Crippen LogP contribution in [-0.4, -0.2) is 6.04 Å². The van der Waals surface area contributed by atoms with E-state index < -0.39 is 0 Å². The minimum Gasteiger partial charge on any atom is -0.361 e. The topological polar surface area (TPSA) is 12.0 Å². The van der Waals surface area contributed by atoms with Crippen LogP contribution in [0.1, 0.15) is 11.5 Å². The van der Waals surface area contributed by atoms with Crippen molar-refractivity contribution in [1.29, 1.82) is 0 Å². The van der Waals surface area contributed by atoms with E-state index in [0.717, 1.165) is 0 Å². The van der Waals surface area contributed by atoms with Crippen LogP contribution in [0, 0.1) is 6.08 Å². The van der Waals surface area contributed by atoms with Crippen molar-refractivity contribution in [3.05, 3.63) is 54.1 Å². The van der Waals surface area contributed by atoms with Gasteiger partial charge in [-0.25, -0.2) is 0 Å². The molecule has 0 spiro atoms. The van der Waals surface area contributed by atoms with Crippen molar-refractivity contribution in [3.8, 4) is 0 Å². The number of nitrogens with one attached hydrogen (secondary N) is 1. The Kier molecular flexibility index (Phi) is 1.29. The Balaban J connectivity index is 2.12. The van der Waals surface area contributed by atoms with Gasteiger partial charge in [0, 0.05) is 5.69 Å². The first-order valence-electron chi connectivity index (χ1n) is 4.57. The monoisotopic (exact) mass is 168 g/mol. The second-order valence-electron chi connectivity index (χ2n) is 3.48. The first-order valence-corrected chi connectivity index (χ1v) is 4.57. The highest BCUT2D eigenvalue weighted by atomic mass is 15.0. The summed E-state index contributed by atoms with van der Waals surface area (Å²) in [6.45, 7) is 0. The van der Waals surface area contributed by atoms with E-state index in [1.165, 1.54) is 11.3 Å². The second kappa shape index (κ2) is 2.45. The van der Waals surface area contributed by atoms with Crippen LogP contribution in [0.4, 0.5) is 5.69 Å². The number of allylic oxidation sites excluding steroid dienone is 2. The molecule has 1 heterocycles. The van der Waals surface area contributed by atoms with Gasteiger partial charge < -0.3 is 5.32 Å². The number of rotatable bonds is 0. The number of hydrogen-bond donors (Lipinski definition) is 1. The molecule has 1 nitrogen and oxygen atoms in total. The zero-order chi connectivity index (χ0) is 8.67. The van der Waals surface area contributed by atoms with E-state index in [2.05, 4.69) is 47.8 Å². The van der Waals surface area contributed by atoms with Crippen molar-refractivity contribution >= 4 is 5.69 Å². The highest BCUT2D eigenvalue weighted by molar-refractivity contribution is 5.62. The highest BCUT2D eigenvalue weighted by Gasteiger charge is 2.33. The summed E-state index contributed by atoms with van der Waals surface area (Å²) in [5.41, 5.74) is 2.66. The molecule has 0 saturated carbocycles. The summed E-state index contributed by atoms with van der Waals surface area (Å²) in [6.07, 6.45) is 9.45. The van der Waals surface area contributed by atoms with Gasteiger partial charge in [0.05, 0.1) is 24.1 Å². The van der Waals surface area contributed by atoms with Gasteiger partial charge in [0.2, 0.25) is 0 Å². The third-order valence-electron chi connectivity index (χ3n) is 2.70. The van der Waals surface area contributed by atoms with Crippen molar-refractivity contribution in [2.24, 2.45) is 0 Å². The van der Waals surface area contributed by atoms with E-state index in [-0.39, 0.29) is 0 Å². The fraction of sp³-hybridized carbons (Fsp3) is 0.167. The van der Waals surface area contributed by atoms with Crippen molar-refractivity contribution in [2.75, 3.05) is 5.32 Å². The first kappa shape index (κ1) is 6.88. The Labute approximate surface area is 77.8 Å². The molecule has 13 heavy (non-hydrogen) atoms. The number of fused-ring (bicyclic) bond motifs is 3. The van der Waals surface area contributed by atoms with E-state index in [1.54, 1.807) is 0 Å². The van der Waals surface area contributed by atoms with Crippen LogP contribution in [0.25, 0.3) is 0 Å². The molecule has 1 N–H and O–H groups in total. The Morgan fingerprint density at radius 2 is 2.15 bits per heavy atom. The lowest BCUT2D eigenvalue weighted by molar-refractivity contribution is 0.802. The van der Waals surface area contributed by atoms with Gasteiger partial charge in [0.1, 0.15) is 6.04 Å². The Hall–Kier alpha value is -1.59. The minimum atomic E-state index is 0.443. The van der Waals surface area contributed by atoms with Gasteiger partial charge in [-0.3, -0.25) is 0 Å². The summed E-state index contributed by atoms with van der Waals surface area (Å²) < 4.78 is 0. The lowest BCUT2D eigenvalue weighted by Gasteiger charge is -2.07. The third-order valence-corrected chi connectivity index (χ3v) is 2.70. The van der Waals surface area contributed by atoms with Gasteiger partial charge >= 0.3 is 0 Å². The summed E-state index contributed by atoms with van der Waals surface area (Å²) in [6, 6.07) is 8.92. The van der Waals surface area contributed by atoms with Crippen LogP contribution in [-0.2, 0) is 0 Å². The molecule has 1 aliphatic carbocycles. The van der Waals surface area contributed by atoms with Crippen molar-refractivity contribution in [1.82, 2.24) is 0 Å². The Morgan fingerprint density at radius 3 is 3.15 bits per heavy atom. The second-order valence-corrected chi connectivity index (χ2v) is 3.48. The molecular formula is C12H10N+. The zero-order valence-corrected chi connectivity index (χ0v) is 7.20. The Bertz CT molecular complexity index is 390. The number of benzene rings is 1. The highest BCUT2D eigenvalue weighted by Crippen LogP contribution is 2.38. The van der Waals surface area contributed by atoms with E-state index in [0.29, 0.717) is 12.0 Å². The first-order chi connectivity index (χ1) is 6.45. The molecule has 62 valence electrons. The molecule has 1 aromatic rings. The molecule has 2 unspecified atom stereocenters. The van der Waals surface area contributed by atoms with Crippen LogP contribution in [0.5, 0.6) is 0 Å². The summed E-state index contributed by atoms with van der Waals surface area (Å²) >= 11 is 0. The van der Waals surface area contributed by atoms with Gasteiger partial charge in [-0.2, -0.15) is 0 Å². The van der Waals surface area contributed by atoms with E-state index in [4.69, 9.17) is 0 Å². The fourth-order valence-electron chi connectivity index (χ4n) is 2.06. The van der Waals surface area contributed by atoms with Gasteiger partial charge in [-0.15, -0.1) is 0 Å². The van der Waals surface area contributed by atoms with Crippen molar-refractivity contribution in [2.45, 2.75) is 12.0 Å². The van der Waals surface area contributed by atoms with Gasteiger partial charge in [-0.1, -0.05) is 18.2 Å². The number of para-hydroxylation sites is 1. The Morgan fingerprint density at radius 1 is 1.23 bits per heavy atom. The molecule has 0 saturated heterocycles. The molecule has 0 radical (unpaired) electrons. The summed E-state index contributed by atoms with van der Waals surface area (Å²) in [5, 5.41) is 3.48. The molecule has 1 aliphatic heterocycles. The normalized spacial score (nSPS) is 27.4. The molecule has 0 amide bonds. The predicted octanol–water partition coefficient (Wildman–Crippen LogP) is 2.49. The van der Waals surface area contributed by atoms with Gasteiger partial charge in [0.15, 0.2) is 6.08 Å². The molecule has 2 aliphatic rings. The molecule has 3 rings (SSSR count). The van der Waals surface area contributed by atoms with Crippen molar-refractivity contribution < 1.29 is 0 Å². The van der Waals surface area contributed by atoms with Crippen LogP contribution >= 0.6 is 0 Å². The van der Waals surface area contributed by atoms with Crippen LogP contribution in [0.2, 0.25) is 0 Å². The lowest BCUT2D eigenvalue weighted by Crippen LogP contribution is -2.17. The molecule has 2 atom stereocenters. The average molecular weight is 168 g/mol. The lowest BCUT2D eigenvalue weighted by atomic mass is 9.92. The number of hydrogen-bond acceptors (Lipinski definition) is 1. The average Bonchev–Trinajstić information content (AvgIpc) is 2.56. The SMILES string of the molecule is [C+]1=CC2c3ccccc3NC2C=C1. The molecule has 0 fully saturated rings. The smallest absolute Gasteiger partial charge is 0.157 e. The molecule has 0 aromatic heterocycles. The molecular weight excluding hydrogens is 158 g/mol. The maximum Gasteiger partial charge on any atom is 0.157 e. The fourth-order valence-corrected chi connectivity index (χ4v) is 2.06. The molecule has 1 aromatic carbocycles. The standard InChI is InChI=1S/C12H10N/c1-3-7-11-9(5-1)10-6-2-4-8-12(10)13-11/h1,3-8,10,12-13H/q+1.